The van der Waals surface area contributed by atoms with E-state index in [2.05, 4.69) is 5.32 Å². The number of carbonyl (C=O) groups is 1. The van der Waals surface area contributed by atoms with Crippen molar-refractivity contribution in [3.63, 3.8) is 0 Å². The second kappa shape index (κ2) is 6.70. The van der Waals surface area contributed by atoms with E-state index in [1.54, 1.807) is 13.8 Å². The van der Waals surface area contributed by atoms with Gasteiger partial charge in [0.1, 0.15) is 11.6 Å². The summed E-state index contributed by atoms with van der Waals surface area (Å²) < 4.78 is 25.7. The van der Waals surface area contributed by atoms with Gasteiger partial charge in [-0.2, -0.15) is 0 Å². The van der Waals surface area contributed by atoms with Crippen LogP contribution >= 0.6 is 11.8 Å². The molecule has 1 aromatic rings. The third-order valence-electron chi connectivity index (χ3n) is 2.30. The average Bonchev–Trinajstić information content (AvgIpc) is 2.24. The van der Waals surface area contributed by atoms with Gasteiger partial charge >= 0.3 is 0 Å². The monoisotopic (exact) mass is 275 g/mol. The van der Waals surface area contributed by atoms with E-state index in [4.69, 9.17) is 0 Å². The fourth-order valence-electron chi connectivity index (χ4n) is 1.17. The van der Waals surface area contributed by atoms with Gasteiger partial charge in [-0.3, -0.25) is 4.79 Å². The van der Waals surface area contributed by atoms with Crippen LogP contribution in [0.4, 0.5) is 14.5 Å². The first kappa shape index (κ1) is 14.9. The lowest BCUT2D eigenvalue weighted by atomic mass is 10.3. The Kier molecular flexibility index (Phi) is 5.55. The minimum atomic E-state index is -0.740. The highest BCUT2D eigenvalue weighted by Gasteiger charge is 2.12. The zero-order valence-electron chi connectivity index (χ0n) is 10.1. The molecule has 0 bridgehead atoms. The van der Waals surface area contributed by atoms with Crippen LogP contribution in [0.25, 0.3) is 0 Å². The van der Waals surface area contributed by atoms with Crippen LogP contribution < -0.4 is 5.32 Å². The van der Waals surface area contributed by atoms with E-state index in [-0.39, 0.29) is 22.6 Å². The van der Waals surface area contributed by atoms with Crippen LogP contribution in [0.15, 0.2) is 18.2 Å². The normalized spacial score (nSPS) is 14.1. The first-order valence-corrected chi connectivity index (χ1v) is 6.49. The molecule has 0 radical (unpaired) electrons. The first-order valence-electron chi connectivity index (χ1n) is 5.44. The molecule has 1 amide bonds. The third-order valence-corrected chi connectivity index (χ3v) is 3.65. The number of aliphatic hydroxyl groups is 1. The van der Waals surface area contributed by atoms with Crippen LogP contribution in [-0.2, 0) is 4.79 Å². The molecular formula is C12H15F2NO2S. The molecule has 1 rings (SSSR count). The fourth-order valence-corrected chi connectivity index (χ4v) is 1.93. The topological polar surface area (TPSA) is 49.3 Å². The van der Waals surface area contributed by atoms with Gasteiger partial charge < -0.3 is 10.4 Å². The van der Waals surface area contributed by atoms with E-state index >= 15 is 0 Å². The van der Waals surface area contributed by atoms with Crippen LogP contribution in [0, 0.1) is 11.6 Å². The van der Waals surface area contributed by atoms with Crippen LogP contribution in [0.5, 0.6) is 0 Å². The molecule has 0 aliphatic rings. The Morgan fingerprint density at radius 1 is 1.33 bits per heavy atom. The molecule has 0 saturated heterocycles. The average molecular weight is 275 g/mol. The molecule has 0 saturated carbocycles. The molecule has 0 aromatic heterocycles. The van der Waals surface area contributed by atoms with Crippen molar-refractivity contribution < 1.29 is 18.7 Å². The summed E-state index contributed by atoms with van der Waals surface area (Å²) in [4.78, 5) is 11.5. The molecule has 100 valence electrons. The number of hydrogen-bond donors (Lipinski definition) is 2. The molecule has 0 heterocycles. The summed E-state index contributed by atoms with van der Waals surface area (Å²) in [6.45, 7) is 3.43. The molecule has 18 heavy (non-hydrogen) atoms. The molecule has 2 N–H and O–H groups in total. The van der Waals surface area contributed by atoms with Gasteiger partial charge in [0.25, 0.3) is 0 Å². The van der Waals surface area contributed by atoms with Gasteiger partial charge in [0.15, 0.2) is 0 Å². The Balaban J connectivity index is 2.49. The minimum Gasteiger partial charge on any atom is -0.392 e. The summed E-state index contributed by atoms with van der Waals surface area (Å²) in [6, 6.07) is 2.83. The summed E-state index contributed by atoms with van der Waals surface area (Å²) >= 11 is 1.27. The summed E-state index contributed by atoms with van der Waals surface area (Å²) in [6.07, 6.45) is -0.519. The number of thioether (sulfide) groups is 1. The highest BCUT2D eigenvalue weighted by Crippen LogP contribution is 2.16. The molecule has 1 aromatic carbocycles. The number of halogens is 2. The van der Waals surface area contributed by atoms with Gasteiger partial charge in [-0.05, 0) is 19.1 Å². The predicted octanol–water partition coefficient (Wildman–Crippen LogP) is 2.41. The Bertz CT molecular complexity index is 406. The molecule has 6 heteroatoms. The first-order chi connectivity index (χ1) is 8.38. The lowest BCUT2D eigenvalue weighted by Gasteiger charge is -2.13. The molecule has 0 fully saturated rings. The van der Waals surface area contributed by atoms with Gasteiger partial charge in [-0.25, -0.2) is 8.78 Å². The maximum absolute atomic E-state index is 12.9. The zero-order chi connectivity index (χ0) is 13.7. The van der Waals surface area contributed by atoms with Gasteiger partial charge in [0.2, 0.25) is 5.91 Å². The van der Waals surface area contributed by atoms with Gasteiger partial charge in [-0.15, -0.1) is 11.8 Å². The van der Waals surface area contributed by atoms with Crippen molar-refractivity contribution in [1.29, 1.82) is 0 Å². The zero-order valence-corrected chi connectivity index (χ0v) is 10.9. The van der Waals surface area contributed by atoms with E-state index in [1.165, 1.54) is 11.8 Å². The van der Waals surface area contributed by atoms with Crippen LogP contribution in [0.1, 0.15) is 13.8 Å². The van der Waals surface area contributed by atoms with E-state index in [0.717, 1.165) is 18.2 Å². The van der Waals surface area contributed by atoms with Crippen molar-refractivity contribution in [2.24, 2.45) is 0 Å². The summed E-state index contributed by atoms with van der Waals surface area (Å²) in [5.74, 6) is -1.73. The highest BCUT2D eigenvalue weighted by atomic mass is 32.2. The number of carbonyl (C=O) groups excluding carboxylic acids is 1. The summed E-state index contributed by atoms with van der Waals surface area (Å²) in [5.41, 5.74) is 0.0859. The Hall–Kier alpha value is -1.14. The van der Waals surface area contributed by atoms with Crippen LogP contribution in [0.3, 0.4) is 0 Å². The molecule has 3 nitrogen and oxygen atoms in total. The maximum atomic E-state index is 12.9. The molecule has 0 aliphatic carbocycles. The molecular weight excluding hydrogens is 260 g/mol. The van der Waals surface area contributed by atoms with Crippen molar-refractivity contribution in [3.05, 3.63) is 29.8 Å². The van der Waals surface area contributed by atoms with E-state index in [0.29, 0.717) is 0 Å². The summed E-state index contributed by atoms with van der Waals surface area (Å²) in [5, 5.41) is 11.6. The number of amides is 1. The highest BCUT2D eigenvalue weighted by molar-refractivity contribution is 8.00. The molecule has 2 atom stereocenters. The lowest BCUT2D eigenvalue weighted by molar-refractivity contribution is -0.113. The smallest absolute Gasteiger partial charge is 0.234 e. The standard InChI is InChI=1S/C12H15F2NO2S/c1-7(16)8(2)18-6-12(17)15-11-4-9(13)3-10(14)5-11/h3-5,7-8,16H,6H2,1-2H3,(H,15,17). The van der Waals surface area contributed by atoms with Gasteiger partial charge in [-0.1, -0.05) is 6.92 Å². The van der Waals surface area contributed by atoms with Gasteiger partial charge in [0.05, 0.1) is 11.9 Å². The molecule has 0 aliphatic heterocycles. The van der Waals surface area contributed by atoms with Crippen molar-refractivity contribution in [2.45, 2.75) is 25.2 Å². The Morgan fingerprint density at radius 2 is 1.89 bits per heavy atom. The fraction of sp³-hybridized carbons (Fsp3) is 0.417. The van der Waals surface area contributed by atoms with Crippen molar-refractivity contribution in [1.82, 2.24) is 0 Å². The third kappa shape index (κ3) is 5.01. The van der Waals surface area contributed by atoms with Gasteiger partial charge in [0, 0.05) is 17.0 Å². The van der Waals surface area contributed by atoms with Crippen molar-refractivity contribution in [3.8, 4) is 0 Å². The quantitative estimate of drug-likeness (QED) is 0.867. The number of benzene rings is 1. The molecule has 0 spiro atoms. The van der Waals surface area contributed by atoms with Crippen LogP contribution in [-0.4, -0.2) is 28.1 Å². The number of anilines is 1. The lowest BCUT2D eigenvalue weighted by Crippen LogP contribution is -2.20. The number of nitrogens with one attached hydrogen (secondary N) is 1. The van der Waals surface area contributed by atoms with Crippen LogP contribution in [0.2, 0.25) is 0 Å². The van der Waals surface area contributed by atoms with E-state index in [9.17, 15) is 18.7 Å². The predicted molar refractivity (Wildman–Crippen MR) is 68.6 cm³/mol. The number of rotatable bonds is 5. The Labute approximate surface area is 109 Å². The van der Waals surface area contributed by atoms with E-state index in [1.807, 2.05) is 0 Å². The second-order valence-electron chi connectivity index (χ2n) is 3.96. The van der Waals surface area contributed by atoms with Crippen molar-refractivity contribution >= 4 is 23.4 Å². The number of aliphatic hydroxyl groups excluding tert-OH is 1. The van der Waals surface area contributed by atoms with E-state index < -0.39 is 17.7 Å². The summed E-state index contributed by atoms with van der Waals surface area (Å²) in [7, 11) is 0. The SMILES string of the molecule is CC(O)C(C)SCC(=O)Nc1cc(F)cc(F)c1. The second-order valence-corrected chi connectivity index (χ2v) is 5.33. The minimum absolute atomic E-state index is 0.0833. The Morgan fingerprint density at radius 3 is 2.39 bits per heavy atom. The molecule has 2 unspecified atom stereocenters. The number of hydrogen-bond acceptors (Lipinski definition) is 3. The largest absolute Gasteiger partial charge is 0.392 e. The maximum Gasteiger partial charge on any atom is 0.234 e. The van der Waals surface area contributed by atoms with Crippen molar-refractivity contribution in [2.75, 3.05) is 11.1 Å².